The fraction of sp³-hybridized carbons (Fsp3) is 0.231. The number of nitrogens with one attached hydrogen (secondary N) is 1. The summed E-state index contributed by atoms with van der Waals surface area (Å²) in [7, 11) is 0. The van der Waals surface area contributed by atoms with Crippen molar-refractivity contribution in [3.05, 3.63) is 51.1 Å². The molecule has 0 fully saturated rings. The molecule has 0 spiro atoms. The molecular weight excluding hydrogens is 219 g/mol. The first-order chi connectivity index (χ1) is 8.00. The van der Waals surface area contributed by atoms with Crippen LogP contribution in [0.3, 0.4) is 0 Å². The molecule has 0 unspecified atom stereocenters. The second-order valence-corrected chi connectivity index (χ2v) is 4.13. The van der Waals surface area contributed by atoms with Gasteiger partial charge >= 0.3 is 0 Å². The topological polar surface area (TPSA) is 45.8 Å². The molecule has 17 heavy (non-hydrogen) atoms. The van der Waals surface area contributed by atoms with E-state index in [1.807, 2.05) is 6.92 Å². The first-order valence-electron chi connectivity index (χ1n) is 5.33. The molecule has 0 bridgehead atoms. The van der Waals surface area contributed by atoms with Gasteiger partial charge in [-0.1, -0.05) is 11.6 Å². The van der Waals surface area contributed by atoms with E-state index in [1.54, 1.807) is 26.0 Å². The van der Waals surface area contributed by atoms with Gasteiger partial charge in [0.2, 0.25) is 0 Å². The van der Waals surface area contributed by atoms with Crippen LogP contribution >= 0.6 is 0 Å². The average Bonchev–Trinajstić information content (AvgIpc) is 2.30. The second-order valence-electron chi connectivity index (χ2n) is 4.13. The van der Waals surface area contributed by atoms with Gasteiger partial charge in [-0.2, -0.15) is 5.10 Å². The minimum atomic E-state index is -0.336. The second kappa shape index (κ2) is 4.13. The van der Waals surface area contributed by atoms with Gasteiger partial charge in [-0.25, -0.2) is 9.49 Å². The van der Waals surface area contributed by atoms with E-state index >= 15 is 0 Å². The van der Waals surface area contributed by atoms with Crippen molar-refractivity contribution < 1.29 is 4.39 Å². The van der Waals surface area contributed by atoms with E-state index in [2.05, 4.69) is 10.2 Å². The fourth-order valence-electron chi connectivity index (χ4n) is 1.71. The molecule has 0 amide bonds. The fourth-order valence-corrected chi connectivity index (χ4v) is 1.71. The van der Waals surface area contributed by atoms with Gasteiger partial charge in [0.25, 0.3) is 5.56 Å². The average molecular weight is 232 g/mol. The van der Waals surface area contributed by atoms with Gasteiger partial charge in [0.05, 0.1) is 5.69 Å². The molecule has 0 aliphatic rings. The molecule has 0 saturated carbocycles. The van der Waals surface area contributed by atoms with Gasteiger partial charge in [0.15, 0.2) is 0 Å². The third kappa shape index (κ3) is 1.98. The number of benzene rings is 1. The third-order valence-corrected chi connectivity index (χ3v) is 2.90. The van der Waals surface area contributed by atoms with Gasteiger partial charge in [-0.3, -0.25) is 4.79 Å². The molecule has 0 saturated heterocycles. The van der Waals surface area contributed by atoms with E-state index in [1.165, 1.54) is 6.07 Å². The highest BCUT2D eigenvalue weighted by atomic mass is 19.1. The quantitative estimate of drug-likeness (QED) is 0.821. The van der Waals surface area contributed by atoms with Gasteiger partial charge in [0, 0.05) is 11.1 Å². The smallest absolute Gasteiger partial charge is 0.267 e. The van der Waals surface area contributed by atoms with E-state index < -0.39 is 0 Å². The summed E-state index contributed by atoms with van der Waals surface area (Å²) in [4.78, 5) is 11.4. The summed E-state index contributed by atoms with van der Waals surface area (Å²) in [6, 6.07) is 4.83. The molecule has 2 aromatic rings. The van der Waals surface area contributed by atoms with Crippen LogP contribution in [0.1, 0.15) is 16.7 Å². The van der Waals surface area contributed by atoms with E-state index in [0.717, 1.165) is 5.56 Å². The summed E-state index contributed by atoms with van der Waals surface area (Å²) in [5.74, 6) is -0.336. The van der Waals surface area contributed by atoms with Crippen molar-refractivity contribution in [3.63, 3.8) is 0 Å². The number of aryl methyl sites for hydroxylation is 1. The zero-order valence-corrected chi connectivity index (χ0v) is 9.97. The number of nitrogens with zero attached hydrogens (tertiary/aromatic N) is 1. The summed E-state index contributed by atoms with van der Waals surface area (Å²) in [6.07, 6.45) is 0. The lowest BCUT2D eigenvalue weighted by Gasteiger charge is -2.08. The predicted octanol–water partition coefficient (Wildman–Crippen LogP) is 2.50. The van der Waals surface area contributed by atoms with Crippen molar-refractivity contribution in [1.82, 2.24) is 10.2 Å². The van der Waals surface area contributed by atoms with Crippen LogP contribution in [0.25, 0.3) is 11.3 Å². The highest BCUT2D eigenvalue weighted by Crippen LogP contribution is 2.24. The minimum Gasteiger partial charge on any atom is -0.268 e. The van der Waals surface area contributed by atoms with Crippen LogP contribution in [-0.2, 0) is 0 Å². The molecule has 1 heterocycles. The first-order valence-corrected chi connectivity index (χ1v) is 5.33. The van der Waals surface area contributed by atoms with Crippen molar-refractivity contribution in [2.75, 3.05) is 0 Å². The number of rotatable bonds is 1. The lowest BCUT2D eigenvalue weighted by molar-refractivity contribution is 0.629. The van der Waals surface area contributed by atoms with Crippen LogP contribution < -0.4 is 5.56 Å². The van der Waals surface area contributed by atoms with E-state index in [4.69, 9.17) is 0 Å². The molecule has 2 rings (SSSR count). The van der Waals surface area contributed by atoms with Crippen molar-refractivity contribution in [2.24, 2.45) is 0 Å². The summed E-state index contributed by atoms with van der Waals surface area (Å²) < 4.78 is 13.7. The Morgan fingerprint density at radius 3 is 2.59 bits per heavy atom. The summed E-state index contributed by atoms with van der Waals surface area (Å²) in [6.45, 7) is 5.36. The van der Waals surface area contributed by atoms with Crippen molar-refractivity contribution in [3.8, 4) is 11.3 Å². The Labute approximate surface area is 98.3 Å². The number of hydrogen-bond acceptors (Lipinski definition) is 2. The maximum atomic E-state index is 13.7. The minimum absolute atomic E-state index is 0.237. The van der Waals surface area contributed by atoms with Crippen LogP contribution in [0.5, 0.6) is 0 Å². The van der Waals surface area contributed by atoms with Crippen molar-refractivity contribution >= 4 is 0 Å². The van der Waals surface area contributed by atoms with Gasteiger partial charge in [-0.05, 0) is 38.5 Å². The predicted molar refractivity (Wildman–Crippen MR) is 64.5 cm³/mol. The zero-order valence-electron chi connectivity index (χ0n) is 9.97. The summed E-state index contributed by atoms with van der Waals surface area (Å²) in [5, 5.41) is 6.32. The molecule has 0 atom stereocenters. The Bertz CT molecular complexity index is 632. The van der Waals surface area contributed by atoms with Crippen LogP contribution in [0.4, 0.5) is 4.39 Å². The lowest BCUT2D eigenvalue weighted by atomic mass is 10.0. The molecule has 0 aliphatic carbocycles. The lowest BCUT2D eigenvalue weighted by Crippen LogP contribution is -2.14. The van der Waals surface area contributed by atoms with Gasteiger partial charge in [0.1, 0.15) is 5.82 Å². The molecule has 0 aliphatic heterocycles. The highest BCUT2D eigenvalue weighted by molar-refractivity contribution is 5.64. The normalized spacial score (nSPS) is 10.6. The molecule has 4 heteroatoms. The maximum Gasteiger partial charge on any atom is 0.267 e. The number of aromatic nitrogens is 2. The Kier molecular flexibility index (Phi) is 2.79. The molecule has 88 valence electrons. The zero-order chi connectivity index (χ0) is 12.6. The van der Waals surface area contributed by atoms with E-state index in [9.17, 15) is 9.18 Å². The highest BCUT2D eigenvalue weighted by Gasteiger charge is 2.12. The SMILES string of the molecule is Cc1ccc(F)c(-c2n[nH]c(=O)c(C)c2C)c1. The third-order valence-electron chi connectivity index (χ3n) is 2.90. The Morgan fingerprint density at radius 2 is 1.88 bits per heavy atom. The van der Waals surface area contributed by atoms with Crippen LogP contribution in [0.15, 0.2) is 23.0 Å². The largest absolute Gasteiger partial charge is 0.268 e. The molecule has 1 aromatic carbocycles. The molecule has 1 N–H and O–H groups in total. The molecule has 3 nitrogen and oxygen atoms in total. The van der Waals surface area contributed by atoms with Crippen LogP contribution in [-0.4, -0.2) is 10.2 Å². The molecule has 0 radical (unpaired) electrons. The monoisotopic (exact) mass is 232 g/mol. The van der Waals surface area contributed by atoms with Crippen molar-refractivity contribution in [2.45, 2.75) is 20.8 Å². The number of aromatic amines is 1. The van der Waals surface area contributed by atoms with E-state index in [-0.39, 0.29) is 11.4 Å². The van der Waals surface area contributed by atoms with Gasteiger partial charge < -0.3 is 0 Å². The standard InChI is InChI=1S/C13H13FN2O/c1-7-4-5-11(14)10(6-7)12-8(2)9(3)13(17)16-15-12/h4-6H,1-3H3,(H,16,17). The Morgan fingerprint density at radius 1 is 1.18 bits per heavy atom. The molecular formula is C13H13FN2O. The number of H-pyrrole nitrogens is 1. The maximum absolute atomic E-state index is 13.7. The Hall–Kier alpha value is -1.97. The first kappa shape index (κ1) is 11.5. The number of halogens is 1. The molecule has 1 aromatic heterocycles. The van der Waals surface area contributed by atoms with Crippen molar-refractivity contribution in [1.29, 1.82) is 0 Å². The van der Waals surface area contributed by atoms with Crippen LogP contribution in [0.2, 0.25) is 0 Å². The van der Waals surface area contributed by atoms with Gasteiger partial charge in [-0.15, -0.1) is 0 Å². The number of hydrogen-bond donors (Lipinski definition) is 1. The van der Waals surface area contributed by atoms with Crippen LogP contribution in [0, 0.1) is 26.6 Å². The Balaban J connectivity index is 2.73. The summed E-state index contributed by atoms with van der Waals surface area (Å²) >= 11 is 0. The van der Waals surface area contributed by atoms with E-state index in [0.29, 0.717) is 22.4 Å². The summed E-state index contributed by atoms with van der Waals surface area (Å²) in [5.41, 5.74) is 2.89.